The SMILES string of the molecule is CN(C)CCCOc1cccc(C(=N)N)c1. The number of benzene rings is 1. The summed E-state index contributed by atoms with van der Waals surface area (Å²) < 4.78 is 5.57. The first-order valence-corrected chi connectivity index (χ1v) is 5.31. The first kappa shape index (κ1) is 12.5. The molecule has 0 aliphatic heterocycles. The molecule has 0 bridgehead atoms. The van der Waals surface area contributed by atoms with E-state index in [0.717, 1.165) is 18.7 Å². The zero-order chi connectivity index (χ0) is 12.0. The molecule has 1 rings (SSSR count). The third-order valence-electron chi connectivity index (χ3n) is 2.16. The van der Waals surface area contributed by atoms with Gasteiger partial charge in [-0.2, -0.15) is 0 Å². The lowest BCUT2D eigenvalue weighted by atomic mass is 10.2. The van der Waals surface area contributed by atoms with Gasteiger partial charge in [-0.1, -0.05) is 12.1 Å². The molecule has 0 aliphatic carbocycles. The van der Waals surface area contributed by atoms with E-state index in [0.29, 0.717) is 12.2 Å². The monoisotopic (exact) mass is 221 g/mol. The van der Waals surface area contributed by atoms with Gasteiger partial charge in [0.2, 0.25) is 0 Å². The van der Waals surface area contributed by atoms with Crippen LogP contribution >= 0.6 is 0 Å². The zero-order valence-electron chi connectivity index (χ0n) is 9.86. The van der Waals surface area contributed by atoms with Crippen LogP contribution in [0, 0.1) is 5.41 Å². The number of nitrogens with zero attached hydrogens (tertiary/aromatic N) is 1. The van der Waals surface area contributed by atoms with Gasteiger partial charge in [0.05, 0.1) is 6.61 Å². The molecule has 0 saturated heterocycles. The van der Waals surface area contributed by atoms with Gasteiger partial charge in [0, 0.05) is 12.1 Å². The Hall–Kier alpha value is -1.55. The molecule has 4 nitrogen and oxygen atoms in total. The summed E-state index contributed by atoms with van der Waals surface area (Å²) in [5, 5.41) is 7.32. The highest BCUT2D eigenvalue weighted by Crippen LogP contribution is 2.12. The van der Waals surface area contributed by atoms with Crippen molar-refractivity contribution in [2.24, 2.45) is 5.73 Å². The van der Waals surface area contributed by atoms with Gasteiger partial charge in [-0.15, -0.1) is 0 Å². The second-order valence-corrected chi connectivity index (χ2v) is 3.95. The molecule has 0 atom stereocenters. The maximum Gasteiger partial charge on any atom is 0.122 e. The molecule has 0 heterocycles. The van der Waals surface area contributed by atoms with E-state index in [1.165, 1.54) is 0 Å². The highest BCUT2D eigenvalue weighted by molar-refractivity contribution is 5.95. The van der Waals surface area contributed by atoms with Crippen LogP contribution in [0.5, 0.6) is 5.75 Å². The average molecular weight is 221 g/mol. The summed E-state index contributed by atoms with van der Waals surface area (Å²) in [7, 11) is 4.08. The fraction of sp³-hybridized carbons (Fsp3) is 0.417. The van der Waals surface area contributed by atoms with Crippen molar-refractivity contribution >= 4 is 5.84 Å². The third-order valence-corrected chi connectivity index (χ3v) is 2.16. The number of amidine groups is 1. The quantitative estimate of drug-likeness (QED) is 0.432. The lowest BCUT2D eigenvalue weighted by Crippen LogP contribution is -2.15. The molecule has 0 amide bonds. The number of ether oxygens (including phenoxy) is 1. The fourth-order valence-electron chi connectivity index (χ4n) is 1.32. The number of hydrogen-bond donors (Lipinski definition) is 2. The summed E-state index contributed by atoms with van der Waals surface area (Å²) in [6, 6.07) is 7.31. The highest BCUT2D eigenvalue weighted by Gasteiger charge is 1.99. The van der Waals surface area contributed by atoms with Gasteiger partial charge in [0.1, 0.15) is 11.6 Å². The Morgan fingerprint density at radius 3 is 2.81 bits per heavy atom. The zero-order valence-corrected chi connectivity index (χ0v) is 9.86. The molecule has 0 radical (unpaired) electrons. The van der Waals surface area contributed by atoms with E-state index < -0.39 is 0 Å². The van der Waals surface area contributed by atoms with Crippen LogP contribution in [0.2, 0.25) is 0 Å². The number of rotatable bonds is 6. The van der Waals surface area contributed by atoms with Gasteiger partial charge < -0.3 is 15.4 Å². The maximum atomic E-state index is 7.32. The summed E-state index contributed by atoms with van der Waals surface area (Å²) >= 11 is 0. The Labute approximate surface area is 96.5 Å². The van der Waals surface area contributed by atoms with Crippen LogP contribution < -0.4 is 10.5 Å². The molecule has 1 aromatic carbocycles. The fourth-order valence-corrected chi connectivity index (χ4v) is 1.32. The molecular weight excluding hydrogens is 202 g/mol. The van der Waals surface area contributed by atoms with Crippen LogP contribution in [0.3, 0.4) is 0 Å². The van der Waals surface area contributed by atoms with Crippen LogP contribution in [0.4, 0.5) is 0 Å². The minimum absolute atomic E-state index is 0.0683. The Kier molecular flexibility index (Phi) is 4.79. The number of nitrogens with one attached hydrogen (secondary N) is 1. The average Bonchev–Trinajstić information content (AvgIpc) is 2.24. The molecule has 0 unspecified atom stereocenters. The molecule has 1 aromatic rings. The topological polar surface area (TPSA) is 62.3 Å². The molecule has 4 heteroatoms. The van der Waals surface area contributed by atoms with Crippen molar-refractivity contribution in [3.63, 3.8) is 0 Å². The van der Waals surface area contributed by atoms with Crippen LogP contribution in [0.1, 0.15) is 12.0 Å². The van der Waals surface area contributed by atoms with Gasteiger partial charge in [-0.3, -0.25) is 5.41 Å². The first-order chi connectivity index (χ1) is 7.59. The smallest absolute Gasteiger partial charge is 0.122 e. The van der Waals surface area contributed by atoms with Crippen LogP contribution in [-0.4, -0.2) is 38.0 Å². The minimum atomic E-state index is 0.0683. The molecule has 88 valence electrons. The number of nitrogens with two attached hydrogens (primary N) is 1. The maximum absolute atomic E-state index is 7.32. The minimum Gasteiger partial charge on any atom is -0.494 e. The van der Waals surface area contributed by atoms with E-state index in [4.69, 9.17) is 15.9 Å². The second-order valence-electron chi connectivity index (χ2n) is 3.95. The molecular formula is C12H19N3O. The van der Waals surface area contributed by atoms with Crippen molar-refractivity contribution in [3.05, 3.63) is 29.8 Å². The molecule has 0 aliphatic rings. The van der Waals surface area contributed by atoms with Gasteiger partial charge in [0.25, 0.3) is 0 Å². The summed E-state index contributed by atoms with van der Waals surface area (Å²) in [6.45, 7) is 1.69. The van der Waals surface area contributed by atoms with Crippen molar-refractivity contribution in [2.45, 2.75) is 6.42 Å². The third kappa shape index (κ3) is 4.31. The Morgan fingerprint density at radius 1 is 1.44 bits per heavy atom. The number of hydrogen-bond acceptors (Lipinski definition) is 3. The molecule has 0 fully saturated rings. The van der Waals surface area contributed by atoms with E-state index in [9.17, 15) is 0 Å². The van der Waals surface area contributed by atoms with Crippen molar-refractivity contribution < 1.29 is 4.74 Å². The van der Waals surface area contributed by atoms with E-state index in [1.54, 1.807) is 12.1 Å². The van der Waals surface area contributed by atoms with E-state index in [2.05, 4.69) is 4.90 Å². The van der Waals surface area contributed by atoms with Gasteiger partial charge in [-0.25, -0.2) is 0 Å². The van der Waals surface area contributed by atoms with Gasteiger partial charge in [-0.05, 0) is 32.6 Å². The van der Waals surface area contributed by atoms with Crippen molar-refractivity contribution in [1.29, 1.82) is 5.41 Å². The highest BCUT2D eigenvalue weighted by atomic mass is 16.5. The predicted octanol–water partition coefficient (Wildman–Crippen LogP) is 1.30. The van der Waals surface area contributed by atoms with Crippen molar-refractivity contribution in [1.82, 2.24) is 4.90 Å². The van der Waals surface area contributed by atoms with Crippen LogP contribution in [0.15, 0.2) is 24.3 Å². The molecule has 0 saturated carbocycles. The number of nitrogen functional groups attached to an aromatic ring is 1. The summed E-state index contributed by atoms with van der Waals surface area (Å²) in [5.41, 5.74) is 6.10. The molecule has 3 N–H and O–H groups in total. The predicted molar refractivity (Wildman–Crippen MR) is 66.1 cm³/mol. The second kappa shape index (κ2) is 6.12. The Bertz CT molecular complexity index is 350. The van der Waals surface area contributed by atoms with E-state index in [1.807, 2.05) is 26.2 Å². The Morgan fingerprint density at radius 2 is 2.19 bits per heavy atom. The summed E-state index contributed by atoms with van der Waals surface area (Å²) in [5.74, 6) is 0.838. The molecule has 0 aromatic heterocycles. The van der Waals surface area contributed by atoms with Crippen molar-refractivity contribution in [2.75, 3.05) is 27.2 Å². The standard InChI is InChI=1S/C12H19N3O/c1-15(2)7-4-8-16-11-6-3-5-10(9-11)12(13)14/h3,5-6,9H,4,7-8H2,1-2H3,(H3,13,14). The van der Waals surface area contributed by atoms with Gasteiger partial charge >= 0.3 is 0 Å². The van der Waals surface area contributed by atoms with Crippen molar-refractivity contribution in [3.8, 4) is 5.75 Å². The lowest BCUT2D eigenvalue weighted by Gasteiger charge is -2.10. The van der Waals surface area contributed by atoms with Gasteiger partial charge in [0.15, 0.2) is 0 Å². The van der Waals surface area contributed by atoms with E-state index >= 15 is 0 Å². The normalized spacial score (nSPS) is 10.4. The first-order valence-electron chi connectivity index (χ1n) is 5.31. The molecule has 0 spiro atoms. The molecule has 16 heavy (non-hydrogen) atoms. The largest absolute Gasteiger partial charge is 0.494 e. The Balaban J connectivity index is 2.42. The van der Waals surface area contributed by atoms with Crippen LogP contribution in [-0.2, 0) is 0 Å². The lowest BCUT2D eigenvalue weighted by molar-refractivity contribution is 0.281. The summed E-state index contributed by atoms with van der Waals surface area (Å²) in [4.78, 5) is 2.12. The summed E-state index contributed by atoms with van der Waals surface area (Å²) in [6.07, 6.45) is 0.983. The van der Waals surface area contributed by atoms with Crippen LogP contribution in [0.25, 0.3) is 0 Å². The van der Waals surface area contributed by atoms with E-state index in [-0.39, 0.29) is 5.84 Å².